The van der Waals surface area contributed by atoms with Crippen molar-refractivity contribution in [2.24, 2.45) is 0 Å². The van der Waals surface area contributed by atoms with Crippen molar-refractivity contribution in [1.82, 2.24) is 0 Å². The van der Waals surface area contributed by atoms with Crippen LogP contribution < -0.4 is 4.90 Å². The van der Waals surface area contributed by atoms with E-state index < -0.39 is 5.97 Å². The molecule has 0 aromatic heterocycles. The number of nitrogens with zero attached hydrogens (tertiary/aromatic N) is 1. The van der Waals surface area contributed by atoms with Crippen LogP contribution in [0.1, 0.15) is 59.3 Å². The van der Waals surface area contributed by atoms with Crippen LogP contribution in [0.4, 0.5) is 5.69 Å². The molecule has 0 fully saturated rings. The summed E-state index contributed by atoms with van der Waals surface area (Å²) in [7, 11) is 0. The van der Waals surface area contributed by atoms with Gasteiger partial charge in [0.15, 0.2) is 0 Å². The second-order valence-corrected chi connectivity index (χ2v) is 7.77. The fourth-order valence-electron chi connectivity index (χ4n) is 3.47. The zero-order valence-corrected chi connectivity index (χ0v) is 18.6. The van der Waals surface area contributed by atoms with Gasteiger partial charge in [-0.1, -0.05) is 49.5 Å². The molecule has 0 atom stereocenters. The van der Waals surface area contributed by atoms with Gasteiger partial charge in [-0.15, -0.1) is 0 Å². The number of aromatic hydroxyl groups is 1. The molecule has 0 aliphatic carbocycles. The second kappa shape index (κ2) is 11.1. The monoisotopic (exact) mass is 427 g/mol. The van der Waals surface area contributed by atoms with Crippen LogP contribution >= 0.6 is 0 Å². The Bertz CT molecular complexity index is 1110. The average molecular weight is 428 g/mol. The van der Waals surface area contributed by atoms with Crippen LogP contribution in [0.5, 0.6) is 5.75 Å². The Hall–Kier alpha value is -3.71. The minimum Gasteiger partial charge on any atom is -0.507 e. The van der Waals surface area contributed by atoms with Gasteiger partial charge in [0.2, 0.25) is 0 Å². The maximum Gasteiger partial charge on any atom is 0.339 e. The minimum atomic E-state index is -1.14. The van der Waals surface area contributed by atoms with E-state index in [4.69, 9.17) is 0 Å². The van der Waals surface area contributed by atoms with Crippen LogP contribution in [0, 0.1) is 11.8 Å². The van der Waals surface area contributed by atoms with E-state index in [1.54, 1.807) is 6.07 Å². The van der Waals surface area contributed by atoms with Crippen molar-refractivity contribution in [1.29, 1.82) is 0 Å². The van der Waals surface area contributed by atoms with Crippen LogP contribution in [0.15, 0.2) is 66.7 Å². The van der Waals surface area contributed by atoms with E-state index in [1.165, 1.54) is 30.5 Å². The maximum absolute atomic E-state index is 11.3. The van der Waals surface area contributed by atoms with Crippen LogP contribution in [0.3, 0.4) is 0 Å². The van der Waals surface area contributed by atoms with Crippen molar-refractivity contribution in [3.05, 3.63) is 94.5 Å². The molecule has 0 radical (unpaired) electrons. The predicted molar refractivity (Wildman–Crippen MR) is 129 cm³/mol. The highest BCUT2D eigenvalue weighted by Gasteiger charge is 2.13. The molecule has 2 N–H and O–H groups in total. The third-order valence-corrected chi connectivity index (χ3v) is 5.41. The Morgan fingerprint density at radius 2 is 1.47 bits per heavy atom. The molecule has 0 bridgehead atoms. The van der Waals surface area contributed by atoms with E-state index in [0.717, 1.165) is 28.8 Å². The molecule has 0 saturated heterocycles. The van der Waals surface area contributed by atoms with E-state index in [1.807, 2.05) is 31.2 Å². The summed E-state index contributed by atoms with van der Waals surface area (Å²) in [6, 6.07) is 21.2. The molecule has 164 valence electrons. The largest absolute Gasteiger partial charge is 0.507 e. The first kappa shape index (κ1) is 23.0. The van der Waals surface area contributed by atoms with Crippen molar-refractivity contribution in [2.45, 2.75) is 39.7 Å². The summed E-state index contributed by atoms with van der Waals surface area (Å²) in [5, 5.41) is 19.0. The first-order chi connectivity index (χ1) is 15.5. The van der Waals surface area contributed by atoms with E-state index in [9.17, 15) is 15.0 Å². The lowest BCUT2D eigenvalue weighted by molar-refractivity contribution is 0.0693. The lowest BCUT2D eigenvalue weighted by atomic mass is 10.1. The molecule has 0 amide bonds. The first-order valence-electron chi connectivity index (χ1n) is 11.0. The molecule has 3 rings (SSSR count). The fraction of sp³-hybridized carbons (Fsp3) is 0.250. The van der Waals surface area contributed by atoms with Crippen molar-refractivity contribution >= 4 is 11.7 Å². The van der Waals surface area contributed by atoms with Crippen molar-refractivity contribution in [2.75, 3.05) is 11.4 Å². The number of benzene rings is 3. The van der Waals surface area contributed by atoms with Gasteiger partial charge in [0.25, 0.3) is 0 Å². The number of carboxylic acid groups (broad SMARTS) is 1. The average Bonchev–Trinajstić information content (AvgIpc) is 2.81. The molecule has 0 unspecified atom stereocenters. The normalized spacial score (nSPS) is 10.3. The molecule has 0 saturated carbocycles. The summed E-state index contributed by atoms with van der Waals surface area (Å²) in [6.45, 7) is 5.56. The number of carboxylic acids is 1. The Kier molecular flexibility index (Phi) is 7.94. The summed E-state index contributed by atoms with van der Waals surface area (Å²) in [5.41, 5.74) is 5.07. The van der Waals surface area contributed by atoms with Gasteiger partial charge in [0.05, 0.1) is 0 Å². The molecule has 4 heteroatoms. The minimum absolute atomic E-state index is 0.0926. The molecule has 0 aliphatic heterocycles. The number of hydrogen-bond acceptors (Lipinski definition) is 3. The maximum atomic E-state index is 11.3. The number of carbonyl (C=O) groups is 1. The van der Waals surface area contributed by atoms with Crippen LogP contribution in [-0.4, -0.2) is 22.7 Å². The summed E-state index contributed by atoms with van der Waals surface area (Å²) in [6.07, 6.45) is 3.52. The molecule has 0 heterocycles. The summed E-state index contributed by atoms with van der Waals surface area (Å²) in [5.74, 6) is 5.08. The lowest BCUT2D eigenvalue weighted by Gasteiger charge is -2.24. The predicted octanol–water partition coefficient (Wildman–Crippen LogP) is 5.86. The topological polar surface area (TPSA) is 60.8 Å². The van der Waals surface area contributed by atoms with Crippen molar-refractivity contribution in [3.8, 4) is 17.6 Å². The summed E-state index contributed by atoms with van der Waals surface area (Å²) < 4.78 is 0. The summed E-state index contributed by atoms with van der Waals surface area (Å²) in [4.78, 5) is 13.4. The van der Waals surface area contributed by atoms with Crippen molar-refractivity contribution < 1.29 is 15.0 Å². The molecule has 4 nitrogen and oxygen atoms in total. The second-order valence-electron chi connectivity index (χ2n) is 7.77. The van der Waals surface area contributed by atoms with Crippen molar-refractivity contribution in [3.63, 3.8) is 0 Å². The van der Waals surface area contributed by atoms with Gasteiger partial charge in [-0.3, -0.25) is 0 Å². The Labute approximate surface area is 190 Å². The van der Waals surface area contributed by atoms with Gasteiger partial charge in [0, 0.05) is 29.9 Å². The SMILES string of the molecule is CCCCc1ccc(C#Cc2ccc(CN(CC)c3ccc(O)c(C(=O)O)c3)cc2)cc1. The number of anilines is 1. The molecule has 3 aromatic carbocycles. The highest BCUT2D eigenvalue weighted by Crippen LogP contribution is 2.25. The highest BCUT2D eigenvalue weighted by atomic mass is 16.4. The van der Waals surface area contributed by atoms with Gasteiger partial charge in [-0.05, 0) is 73.4 Å². The molecular formula is C28H29NO3. The number of aromatic carboxylic acids is 1. The van der Waals surface area contributed by atoms with E-state index >= 15 is 0 Å². The number of hydrogen-bond donors (Lipinski definition) is 2. The van der Waals surface area contributed by atoms with Gasteiger partial charge >= 0.3 is 5.97 Å². The van der Waals surface area contributed by atoms with Gasteiger partial charge in [-0.2, -0.15) is 0 Å². The zero-order valence-electron chi connectivity index (χ0n) is 18.6. The smallest absolute Gasteiger partial charge is 0.339 e. The van der Waals surface area contributed by atoms with Gasteiger partial charge in [0.1, 0.15) is 11.3 Å². The number of aryl methyl sites for hydroxylation is 1. The lowest BCUT2D eigenvalue weighted by Crippen LogP contribution is -2.22. The van der Waals surface area contributed by atoms with Crippen LogP contribution in [0.25, 0.3) is 0 Å². The third kappa shape index (κ3) is 6.15. The molecule has 0 aliphatic rings. The fourth-order valence-corrected chi connectivity index (χ4v) is 3.47. The Morgan fingerprint density at radius 1 is 0.875 bits per heavy atom. The molecule has 0 spiro atoms. The molecule has 32 heavy (non-hydrogen) atoms. The van der Waals surface area contributed by atoms with E-state index in [2.05, 4.69) is 47.9 Å². The van der Waals surface area contributed by atoms with Gasteiger partial charge < -0.3 is 15.1 Å². The number of phenols is 1. The number of rotatable bonds is 8. The third-order valence-electron chi connectivity index (χ3n) is 5.41. The van der Waals surface area contributed by atoms with Crippen LogP contribution in [0.2, 0.25) is 0 Å². The Balaban J connectivity index is 1.67. The van der Waals surface area contributed by atoms with Crippen LogP contribution in [-0.2, 0) is 13.0 Å². The molecular weight excluding hydrogens is 398 g/mol. The quantitative estimate of drug-likeness (QED) is 0.442. The standard InChI is InChI=1S/C28H29NO3/c1-3-5-6-21-7-9-22(10-8-21)11-12-23-13-15-24(16-14-23)20-29(4-2)25-17-18-27(30)26(19-25)28(31)32/h7-10,13-19,30H,3-6,20H2,1-2H3,(H,31,32). The molecule has 3 aromatic rings. The summed E-state index contributed by atoms with van der Waals surface area (Å²) >= 11 is 0. The van der Waals surface area contributed by atoms with Gasteiger partial charge in [-0.25, -0.2) is 4.79 Å². The zero-order chi connectivity index (χ0) is 22.9. The Morgan fingerprint density at radius 3 is 2.00 bits per heavy atom. The van der Waals surface area contributed by atoms with E-state index in [0.29, 0.717) is 13.1 Å². The van der Waals surface area contributed by atoms with E-state index in [-0.39, 0.29) is 11.3 Å². The highest BCUT2D eigenvalue weighted by molar-refractivity contribution is 5.92. The number of unbranched alkanes of at least 4 members (excludes halogenated alkanes) is 1. The first-order valence-corrected chi connectivity index (χ1v) is 11.0.